The lowest BCUT2D eigenvalue weighted by Gasteiger charge is -2.09. The molecule has 0 atom stereocenters. The summed E-state index contributed by atoms with van der Waals surface area (Å²) in [6, 6.07) is 16.6. The Balaban J connectivity index is 1.74. The summed E-state index contributed by atoms with van der Waals surface area (Å²) in [7, 11) is 0. The van der Waals surface area contributed by atoms with Crippen LogP contribution in [0.15, 0.2) is 59.1 Å². The molecule has 33 heavy (non-hydrogen) atoms. The second kappa shape index (κ2) is 9.82. The Kier molecular flexibility index (Phi) is 6.87. The summed E-state index contributed by atoms with van der Waals surface area (Å²) in [5.41, 5.74) is 3.69. The van der Waals surface area contributed by atoms with Crippen molar-refractivity contribution in [2.45, 2.75) is 13.8 Å². The first-order valence-electron chi connectivity index (χ1n) is 9.92. The number of amides is 1. The van der Waals surface area contributed by atoms with Gasteiger partial charge in [-0.1, -0.05) is 58.6 Å². The van der Waals surface area contributed by atoms with Gasteiger partial charge in [-0.3, -0.25) is 20.2 Å². The van der Waals surface area contributed by atoms with Gasteiger partial charge >= 0.3 is 5.00 Å². The first-order chi connectivity index (χ1) is 15.9. The van der Waals surface area contributed by atoms with Gasteiger partial charge in [-0.2, -0.15) is 0 Å². The number of halogens is 1. The predicted molar refractivity (Wildman–Crippen MR) is 136 cm³/mol. The van der Waals surface area contributed by atoms with Gasteiger partial charge in [0.2, 0.25) is 0 Å². The zero-order chi connectivity index (χ0) is 23.5. The fourth-order valence-corrected chi connectivity index (χ4v) is 5.15. The third kappa shape index (κ3) is 5.13. The van der Waals surface area contributed by atoms with Gasteiger partial charge in [0, 0.05) is 11.6 Å². The number of thiophene rings is 1. The van der Waals surface area contributed by atoms with Gasteiger partial charge in [0.05, 0.1) is 31.5 Å². The molecule has 1 N–H and O–H groups in total. The van der Waals surface area contributed by atoms with Gasteiger partial charge in [-0.25, -0.2) is 4.98 Å². The molecule has 2 aromatic carbocycles. The number of nitro groups is 1. The third-order valence-electron chi connectivity index (χ3n) is 4.66. The molecule has 4 aromatic rings. The minimum Gasteiger partial charge on any atom is -0.493 e. The van der Waals surface area contributed by atoms with Crippen molar-refractivity contribution >= 4 is 54.6 Å². The standard InChI is InChI=1S/C23H18BrN3O4S2/c1-3-31-17-12-15(8-9-16(17)24)21-20(14-6-4-13(2)5-7-14)25-23(33-21)26-22(28)18-10-11-19(32-18)27(29)30/h4-12H,3H2,1-2H3,(H,25,26,28). The van der Waals surface area contributed by atoms with Crippen LogP contribution in [-0.4, -0.2) is 22.4 Å². The van der Waals surface area contributed by atoms with Crippen molar-refractivity contribution in [1.82, 2.24) is 4.98 Å². The molecule has 0 bridgehead atoms. The van der Waals surface area contributed by atoms with Crippen LogP contribution in [0.4, 0.5) is 10.1 Å². The van der Waals surface area contributed by atoms with E-state index in [0.717, 1.165) is 48.8 Å². The van der Waals surface area contributed by atoms with Crippen LogP contribution in [0.3, 0.4) is 0 Å². The lowest BCUT2D eigenvalue weighted by Crippen LogP contribution is -2.09. The average molecular weight is 544 g/mol. The van der Waals surface area contributed by atoms with E-state index in [1.165, 1.54) is 23.5 Å². The van der Waals surface area contributed by atoms with Crippen LogP contribution in [0.2, 0.25) is 0 Å². The Bertz CT molecular complexity index is 1330. The number of anilines is 1. The average Bonchev–Trinajstić information content (AvgIpc) is 3.44. The van der Waals surface area contributed by atoms with Crippen LogP contribution in [0.5, 0.6) is 5.75 Å². The molecule has 0 aliphatic rings. The first kappa shape index (κ1) is 23.1. The Hall–Kier alpha value is -3.08. The molecular weight excluding hydrogens is 526 g/mol. The number of carbonyl (C=O) groups excluding carboxylic acids is 1. The van der Waals surface area contributed by atoms with Crippen LogP contribution in [0.25, 0.3) is 21.7 Å². The molecule has 0 aliphatic heterocycles. The summed E-state index contributed by atoms with van der Waals surface area (Å²) in [4.78, 5) is 28.9. The van der Waals surface area contributed by atoms with E-state index < -0.39 is 10.8 Å². The van der Waals surface area contributed by atoms with Crippen molar-refractivity contribution in [3.8, 4) is 27.4 Å². The Morgan fingerprint density at radius 3 is 2.52 bits per heavy atom. The van der Waals surface area contributed by atoms with Gasteiger partial charge in [0.25, 0.3) is 5.91 Å². The van der Waals surface area contributed by atoms with E-state index in [-0.39, 0.29) is 9.88 Å². The lowest BCUT2D eigenvalue weighted by atomic mass is 10.1. The number of ether oxygens (including phenoxy) is 1. The Morgan fingerprint density at radius 1 is 1.12 bits per heavy atom. The monoisotopic (exact) mass is 543 g/mol. The maximum Gasteiger partial charge on any atom is 0.324 e. The molecule has 2 heterocycles. The molecule has 0 fully saturated rings. The van der Waals surface area contributed by atoms with E-state index >= 15 is 0 Å². The summed E-state index contributed by atoms with van der Waals surface area (Å²) >= 11 is 5.67. The van der Waals surface area contributed by atoms with Crippen LogP contribution < -0.4 is 10.1 Å². The molecule has 4 rings (SSSR count). The van der Waals surface area contributed by atoms with Crippen LogP contribution in [0, 0.1) is 17.0 Å². The minimum absolute atomic E-state index is 0.0846. The topological polar surface area (TPSA) is 94.4 Å². The van der Waals surface area contributed by atoms with E-state index in [9.17, 15) is 14.9 Å². The van der Waals surface area contributed by atoms with E-state index in [1.807, 2.05) is 56.3 Å². The molecule has 0 saturated carbocycles. The molecule has 168 valence electrons. The lowest BCUT2D eigenvalue weighted by molar-refractivity contribution is -0.380. The zero-order valence-electron chi connectivity index (χ0n) is 17.6. The molecule has 2 aromatic heterocycles. The fourth-order valence-electron chi connectivity index (χ4n) is 3.09. The molecular formula is C23H18BrN3O4S2. The molecule has 1 amide bonds. The van der Waals surface area contributed by atoms with Crippen molar-refractivity contribution in [3.63, 3.8) is 0 Å². The Labute approximate surface area is 206 Å². The number of carbonyl (C=O) groups is 1. The number of aromatic nitrogens is 1. The summed E-state index contributed by atoms with van der Waals surface area (Å²) in [6.45, 7) is 4.47. The quantitative estimate of drug-likeness (QED) is 0.197. The normalized spacial score (nSPS) is 10.8. The van der Waals surface area contributed by atoms with E-state index in [2.05, 4.69) is 21.2 Å². The van der Waals surface area contributed by atoms with Crippen LogP contribution in [0.1, 0.15) is 22.2 Å². The second-order valence-corrected chi connectivity index (χ2v) is 9.91. The van der Waals surface area contributed by atoms with Crippen LogP contribution >= 0.6 is 38.6 Å². The highest BCUT2D eigenvalue weighted by atomic mass is 79.9. The number of rotatable bonds is 7. The van der Waals surface area contributed by atoms with Gasteiger partial charge in [-0.15, -0.1) is 0 Å². The first-order valence-corrected chi connectivity index (χ1v) is 12.3. The summed E-state index contributed by atoms with van der Waals surface area (Å²) < 4.78 is 6.57. The second-order valence-electron chi connectivity index (χ2n) is 6.99. The number of nitrogens with zero attached hydrogens (tertiary/aromatic N) is 2. The highest BCUT2D eigenvalue weighted by Gasteiger charge is 2.20. The summed E-state index contributed by atoms with van der Waals surface area (Å²) in [5.74, 6) is 0.282. The van der Waals surface area contributed by atoms with Crippen molar-refractivity contribution in [2.24, 2.45) is 0 Å². The molecule has 0 radical (unpaired) electrons. The van der Waals surface area contributed by atoms with E-state index in [1.54, 1.807) is 0 Å². The highest BCUT2D eigenvalue weighted by molar-refractivity contribution is 9.10. The number of hydrogen-bond donors (Lipinski definition) is 1. The minimum atomic E-state index is -0.512. The van der Waals surface area contributed by atoms with Crippen LogP contribution in [-0.2, 0) is 0 Å². The zero-order valence-corrected chi connectivity index (χ0v) is 20.8. The Morgan fingerprint density at radius 2 is 1.85 bits per heavy atom. The predicted octanol–water partition coefficient (Wildman–Crippen LogP) is 7.17. The van der Waals surface area contributed by atoms with Crippen molar-refractivity contribution in [2.75, 3.05) is 11.9 Å². The molecule has 0 spiro atoms. The maximum atomic E-state index is 12.7. The molecule has 7 nitrogen and oxygen atoms in total. The number of hydrogen-bond acceptors (Lipinski definition) is 7. The number of nitrogens with one attached hydrogen (secondary N) is 1. The fraction of sp³-hybridized carbons (Fsp3) is 0.130. The van der Waals surface area contributed by atoms with Gasteiger partial charge in [-0.05, 0) is 53.5 Å². The van der Waals surface area contributed by atoms with E-state index in [4.69, 9.17) is 9.72 Å². The SMILES string of the molecule is CCOc1cc(-c2sc(NC(=O)c3ccc([N+](=O)[O-])s3)nc2-c2ccc(C)cc2)ccc1Br. The van der Waals surface area contributed by atoms with Gasteiger partial charge < -0.3 is 4.74 Å². The molecule has 10 heteroatoms. The van der Waals surface area contributed by atoms with Gasteiger partial charge in [0.1, 0.15) is 5.75 Å². The smallest absolute Gasteiger partial charge is 0.324 e. The van der Waals surface area contributed by atoms with Gasteiger partial charge in [0.15, 0.2) is 5.13 Å². The van der Waals surface area contributed by atoms with Crippen molar-refractivity contribution in [1.29, 1.82) is 0 Å². The maximum absolute atomic E-state index is 12.7. The largest absolute Gasteiger partial charge is 0.493 e. The molecule has 0 aliphatic carbocycles. The molecule has 0 unspecified atom stereocenters. The molecule has 0 saturated heterocycles. The number of aryl methyl sites for hydroxylation is 1. The summed E-state index contributed by atoms with van der Waals surface area (Å²) in [5, 5.41) is 14.0. The highest BCUT2D eigenvalue weighted by Crippen LogP contribution is 2.41. The number of benzene rings is 2. The van der Waals surface area contributed by atoms with Crippen molar-refractivity contribution in [3.05, 3.63) is 79.6 Å². The van der Waals surface area contributed by atoms with E-state index in [0.29, 0.717) is 11.7 Å². The third-order valence-corrected chi connectivity index (χ3v) is 7.37. The number of thiazole rings is 1. The summed E-state index contributed by atoms with van der Waals surface area (Å²) in [6.07, 6.45) is 0. The van der Waals surface area contributed by atoms with Crippen molar-refractivity contribution < 1.29 is 14.5 Å².